The van der Waals surface area contributed by atoms with Gasteiger partial charge in [-0.2, -0.15) is 0 Å². The summed E-state index contributed by atoms with van der Waals surface area (Å²) in [6, 6.07) is 2.07. The maximum atomic E-state index is 11.3. The van der Waals surface area contributed by atoms with Crippen LogP contribution in [-0.2, 0) is 4.79 Å². The minimum absolute atomic E-state index is 0.248. The summed E-state index contributed by atoms with van der Waals surface area (Å²) in [6.07, 6.45) is 10.4. The van der Waals surface area contributed by atoms with Crippen LogP contribution in [-0.4, -0.2) is 25.6 Å². The van der Waals surface area contributed by atoms with E-state index in [0.717, 1.165) is 30.0 Å². The zero-order chi connectivity index (χ0) is 13.7. The average Bonchev–Trinajstić information content (AvgIpc) is 2.47. The first-order valence-corrected chi connectivity index (χ1v) is 6.66. The number of carbonyl (C=O) groups excluding carboxylic acids is 1. The number of fused-ring (bicyclic) bond motifs is 2. The molecule has 3 aliphatic rings. The molecule has 0 saturated carbocycles. The Labute approximate surface area is 116 Å². The third-order valence-electron chi connectivity index (χ3n) is 3.91. The fourth-order valence-electron chi connectivity index (χ4n) is 3.01. The van der Waals surface area contributed by atoms with E-state index in [1.165, 1.54) is 11.3 Å². The molecule has 0 radical (unpaired) electrons. The van der Waals surface area contributed by atoms with Crippen molar-refractivity contribution < 1.29 is 9.53 Å². The van der Waals surface area contributed by atoms with E-state index in [4.69, 9.17) is 10.5 Å². The number of benzene rings is 1. The van der Waals surface area contributed by atoms with Crippen LogP contribution in [0.3, 0.4) is 0 Å². The largest absolute Gasteiger partial charge is 0.487 e. The molecule has 3 heterocycles. The molecule has 1 aromatic rings. The SMILES string of the molecule is NC(=O)C1=Cc2cc3c4c(c2OC1)C=CCN4CC=C3. The zero-order valence-electron chi connectivity index (χ0n) is 10.9. The number of nitrogens with zero attached hydrogens (tertiary/aromatic N) is 1. The maximum Gasteiger partial charge on any atom is 0.248 e. The van der Waals surface area contributed by atoms with E-state index in [0.29, 0.717) is 5.57 Å². The Morgan fingerprint density at radius 2 is 2.00 bits per heavy atom. The Morgan fingerprint density at radius 1 is 1.20 bits per heavy atom. The first kappa shape index (κ1) is 11.3. The van der Waals surface area contributed by atoms with E-state index in [2.05, 4.69) is 35.3 Å². The molecule has 4 heteroatoms. The Morgan fingerprint density at radius 3 is 2.80 bits per heavy atom. The molecule has 4 rings (SSSR count). The molecule has 0 bridgehead atoms. The van der Waals surface area contributed by atoms with Crippen molar-refractivity contribution in [3.63, 3.8) is 0 Å². The van der Waals surface area contributed by atoms with Crippen LogP contribution >= 0.6 is 0 Å². The number of carbonyl (C=O) groups is 1. The Kier molecular flexibility index (Phi) is 2.27. The zero-order valence-corrected chi connectivity index (χ0v) is 10.9. The third-order valence-corrected chi connectivity index (χ3v) is 3.91. The van der Waals surface area contributed by atoms with Crippen molar-refractivity contribution in [1.29, 1.82) is 0 Å². The summed E-state index contributed by atoms with van der Waals surface area (Å²) in [6.45, 7) is 2.09. The summed E-state index contributed by atoms with van der Waals surface area (Å²) in [5, 5.41) is 0. The number of nitrogens with two attached hydrogens (primary N) is 1. The molecule has 0 atom stereocenters. The number of hydrogen-bond acceptors (Lipinski definition) is 3. The summed E-state index contributed by atoms with van der Waals surface area (Å²) >= 11 is 0. The van der Waals surface area contributed by atoms with Crippen molar-refractivity contribution in [1.82, 2.24) is 0 Å². The van der Waals surface area contributed by atoms with E-state index in [-0.39, 0.29) is 6.61 Å². The number of anilines is 1. The molecule has 3 aliphatic heterocycles. The van der Waals surface area contributed by atoms with Crippen LogP contribution in [0.4, 0.5) is 5.69 Å². The van der Waals surface area contributed by atoms with Gasteiger partial charge < -0.3 is 15.4 Å². The molecular formula is C16H14N2O2. The highest BCUT2D eigenvalue weighted by molar-refractivity contribution is 5.99. The lowest BCUT2D eigenvalue weighted by molar-refractivity contribution is -0.114. The smallest absolute Gasteiger partial charge is 0.248 e. The second-order valence-electron chi connectivity index (χ2n) is 5.18. The molecule has 0 spiro atoms. The number of amides is 1. The van der Waals surface area contributed by atoms with Gasteiger partial charge in [0.1, 0.15) is 12.4 Å². The first-order valence-electron chi connectivity index (χ1n) is 6.66. The predicted octanol–water partition coefficient (Wildman–Crippen LogP) is 1.81. The fourth-order valence-corrected chi connectivity index (χ4v) is 3.01. The van der Waals surface area contributed by atoms with Gasteiger partial charge in [0.25, 0.3) is 0 Å². The number of primary amides is 1. The molecule has 0 unspecified atom stereocenters. The molecule has 0 saturated heterocycles. The third kappa shape index (κ3) is 1.51. The Bertz CT molecular complexity index is 714. The van der Waals surface area contributed by atoms with Crippen LogP contribution in [0, 0.1) is 0 Å². The van der Waals surface area contributed by atoms with Crippen molar-refractivity contribution in [2.24, 2.45) is 5.73 Å². The minimum atomic E-state index is -0.422. The van der Waals surface area contributed by atoms with E-state index in [9.17, 15) is 4.79 Å². The molecule has 0 aliphatic carbocycles. The van der Waals surface area contributed by atoms with Gasteiger partial charge in [-0.15, -0.1) is 0 Å². The van der Waals surface area contributed by atoms with E-state index >= 15 is 0 Å². The number of hydrogen-bond donors (Lipinski definition) is 1. The molecule has 0 aromatic heterocycles. The van der Waals surface area contributed by atoms with Crippen LogP contribution in [0.2, 0.25) is 0 Å². The molecule has 1 amide bonds. The molecule has 4 nitrogen and oxygen atoms in total. The summed E-state index contributed by atoms with van der Waals surface area (Å²) in [4.78, 5) is 13.6. The van der Waals surface area contributed by atoms with Crippen LogP contribution in [0.15, 0.2) is 23.8 Å². The van der Waals surface area contributed by atoms with Gasteiger partial charge in [0.05, 0.1) is 11.3 Å². The Balaban J connectivity index is 1.97. The topological polar surface area (TPSA) is 55.6 Å². The quantitative estimate of drug-likeness (QED) is 0.843. The van der Waals surface area contributed by atoms with Gasteiger partial charge in [-0.3, -0.25) is 4.79 Å². The molecule has 0 fully saturated rings. The van der Waals surface area contributed by atoms with Gasteiger partial charge in [-0.1, -0.05) is 24.3 Å². The lowest BCUT2D eigenvalue weighted by atomic mass is 9.93. The monoisotopic (exact) mass is 266 g/mol. The van der Waals surface area contributed by atoms with Crippen LogP contribution in [0.1, 0.15) is 16.7 Å². The number of rotatable bonds is 1. The van der Waals surface area contributed by atoms with Crippen LogP contribution in [0.25, 0.3) is 18.2 Å². The molecule has 20 heavy (non-hydrogen) atoms. The van der Waals surface area contributed by atoms with Crippen molar-refractivity contribution in [2.75, 3.05) is 24.6 Å². The highest BCUT2D eigenvalue weighted by Crippen LogP contribution is 2.43. The maximum absolute atomic E-state index is 11.3. The van der Waals surface area contributed by atoms with Gasteiger partial charge in [0.15, 0.2) is 0 Å². The lowest BCUT2D eigenvalue weighted by Crippen LogP contribution is -2.29. The van der Waals surface area contributed by atoms with Gasteiger partial charge in [-0.05, 0) is 17.7 Å². The van der Waals surface area contributed by atoms with Gasteiger partial charge in [0.2, 0.25) is 5.91 Å². The average molecular weight is 266 g/mol. The van der Waals surface area contributed by atoms with E-state index < -0.39 is 5.91 Å². The second kappa shape index (κ2) is 4.00. The summed E-state index contributed by atoms with van der Waals surface area (Å²) in [5.41, 5.74) is 10.3. The minimum Gasteiger partial charge on any atom is -0.487 e. The van der Waals surface area contributed by atoms with Crippen molar-refractivity contribution >= 4 is 29.8 Å². The van der Waals surface area contributed by atoms with Gasteiger partial charge in [0, 0.05) is 24.2 Å². The Hall–Kier alpha value is -2.49. The second-order valence-corrected chi connectivity index (χ2v) is 5.18. The van der Waals surface area contributed by atoms with Crippen LogP contribution in [0.5, 0.6) is 5.75 Å². The van der Waals surface area contributed by atoms with E-state index in [1.54, 1.807) is 0 Å². The molecular weight excluding hydrogens is 252 g/mol. The summed E-state index contributed by atoms with van der Waals surface area (Å²) in [7, 11) is 0. The predicted molar refractivity (Wildman–Crippen MR) is 79.4 cm³/mol. The summed E-state index contributed by atoms with van der Waals surface area (Å²) in [5.74, 6) is 0.430. The normalized spacial score (nSPS) is 18.0. The lowest BCUT2D eigenvalue weighted by Gasteiger charge is -2.33. The van der Waals surface area contributed by atoms with Crippen molar-refractivity contribution in [3.05, 3.63) is 40.5 Å². The van der Waals surface area contributed by atoms with Crippen molar-refractivity contribution in [2.45, 2.75) is 0 Å². The van der Waals surface area contributed by atoms with E-state index in [1.807, 2.05) is 6.08 Å². The standard InChI is InChI=1S/C16H14N2O2/c17-16(19)12-8-11-7-10-3-1-5-18-6-2-4-13(14(10)18)15(11)20-9-12/h1-4,7-8H,5-6,9H2,(H2,17,19). The highest BCUT2D eigenvalue weighted by atomic mass is 16.5. The first-order chi connectivity index (χ1) is 9.74. The molecule has 1 aromatic carbocycles. The van der Waals surface area contributed by atoms with Crippen molar-refractivity contribution in [3.8, 4) is 5.75 Å². The molecule has 100 valence electrons. The van der Waals surface area contributed by atoms with Gasteiger partial charge >= 0.3 is 0 Å². The molecule has 2 N–H and O–H groups in total. The highest BCUT2D eigenvalue weighted by Gasteiger charge is 2.26. The number of ether oxygens (including phenoxy) is 1. The van der Waals surface area contributed by atoms with Gasteiger partial charge in [-0.25, -0.2) is 0 Å². The summed E-state index contributed by atoms with van der Waals surface area (Å²) < 4.78 is 5.80. The fraction of sp³-hybridized carbons (Fsp3) is 0.188. The van der Waals surface area contributed by atoms with Crippen LogP contribution < -0.4 is 15.4 Å².